The van der Waals surface area contributed by atoms with Crippen LogP contribution in [0.5, 0.6) is 0 Å². The molecule has 2 rings (SSSR count). The van der Waals surface area contributed by atoms with Gasteiger partial charge in [0.25, 0.3) is 0 Å². The van der Waals surface area contributed by atoms with Gasteiger partial charge in [-0.2, -0.15) is 5.26 Å². The number of anilines is 1. The lowest BCUT2D eigenvalue weighted by molar-refractivity contribution is 0.268. The molecule has 0 spiro atoms. The molecule has 2 aromatic rings. The molecule has 0 saturated heterocycles. The van der Waals surface area contributed by atoms with E-state index in [9.17, 15) is 0 Å². The topological polar surface area (TPSA) is 73.3 Å². The first-order chi connectivity index (χ1) is 15.1. The third-order valence-corrected chi connectivity index (χ3v) is 5.29. The van der Waals surface area contributed by atoms with Crippen molar-refractivity contribution in [1.82, 2.24) is 0 Å². The summed E-state index contributed by atoms with van der Waals surface area (Å²) in [5.74, 6) is 1.48. The monoisotopic (exact) mass is 457 g/mol. The lowest BCUT2D eigenvalue weighted by Crippen LogP contribution is -2.21. The molecule has 4 nitrogen and oxygen atoms in total. The molecular formula is C27H43N3OS. The summed E-state index contributed by atoms with van der Waals surface area (Å²) in [4.78, 5) is 2.89. The Kier molecular flexibility index (Phi) is 15.6. The van der Waals surface area contributed by atoms with Crippen LogP contribution < -0.4 is 10.0 Å². The number of nitrogens with zero attached hydrogens (tertiary/aromatic N) is 2. The molecule has 0 amide bonds. The van der Waals surface area contributed by atoms with Crippen LogP contribution in [0.1, 0.15) is 67.4 Å². The third-order valence-electron chi connectivity index (χ3n) is 4.65. The molecule has 32 heavy (non-hydrogen) atoms. The average molecular weight is 458 g/mol. The maximum atomic E-state index is 9.11. The molecule has 0 atom stereocenters. The van der Waals surface area contributed by atoms with E-state index in [0.29, 0.717) is 17.4 Å². The first-order valence-electron chi connectivity index (χ1n) is 11.5. The minimum absolute atomic E-state index is 0.331. The molecule has 0 aromatic heterocycles. The lowest BCUT2D eigenvalue weighted by Gasteiger charge is -2.21. The summed E-state index contributed by atoms with van der Waals surface area (Å²) in [5, 5.41) is 25.3. The van der Waals surface area contributed by atoms with Crippen molar-refractivity contribution in [3.05, 3.63) is 46.9 Å². The van der Waals surface area contributed by atoms with Crippen molar-refractivity contribution in [1.29, 1.82) is 5.26 Å². The minimum Gasteiger partial charge on any atom is -0.396 e. The minimum atomic E-state index is 0.331. The van der Waals surface area contributed by atoms with Gasteiger partial charge < -0.3 is 10.0 Å². The summed E-state index contributed by atoms with van der Waals surface area (Å²) in [6.45, 7) is 19.3. The van der Waals surface area contributed by atoms with E-state index in [1.54, 1.807) is 0 Å². The van der Waals surface area contributed by atoms with Crippen molar-refractivity contribution >= 4 is 34.0 Å². The van der Waals surface area contributed by atoms with E-state index in [-0.39, 0.29) is 0 Å². The van der Waals surface area contributed by atoms with E-state index in [2.05, 4.69) is 95.8 Å². The van der Waals surface area contributed by atoms with Crippen molar-refractivity contribution in [2.45, 2.75) is 61.8 Å². The van der Waals surface area contributed by atoms with Crippen molar-refractivity contribution in [3.8, 4) is 6.07 Å². The SMILES string of the molecule is CC(C)C.CC(C)CCO.CCN(CC)c1ccc2cc(/C(C)=C(\C#N)SN)ccc2c1. The van der Waals surface area contributed by atoms with Crippen molar-refractivity contribution in [3.63, 3.8) is 0 Å². The molecule has 5 heteroatoms. The second-order valence-electron chi connectivity index (χ2n) is 8.74. The van der Waals surface area contributed by atoms with E-state index in [1.165, 1.54) is 16.5 Å². The van der Waals surface area contributed by atoms with E-state index in [0.717, 1.165) is 48.5 Å². The molecule has 0 radical (unpaired) electrons. The Labute approximate surface area is 200 Å². The van der Waals surface area contributed by atoms with Crippen LogP contribution in [0, 0.1) is 23.2 Å². The molecule has 0 bridgehead atoms. The van der Waals surface area contributed by atoms with Crippen LogP contribution >= 0.6 is 11.9 Å². The Bertz CT molecular complexity index is 862. The predicted molar refractivity (Wildman–Crippen MR) is 145 cm³/mol. The second kappa shape index (κ2) is 16.6. The number of nitrogens with two attached hydrogens (primary N) is 1. The maximum absolute atomic E-state index is 9.11. The molecule has 0 aliphatic carbocycles. The van der Waals surface area contributed by atoms with Gasteiger partial charge in [0.15, 0.2) is 0 Å². The highest BCUT2D eigenvalue weighted by Gasteiger charge is 2.07. The number of aliphatic hydroxyl groups is 1. The van der Waals surface area contributed by atoms with Crippen LogP contribution in [-0.2, 0) is 0 Å². The van der Waals surface area contributed by atoms with E-state index >= 15 is 0 Å². The fraction of sp³-hybridized carbons (Fsp3) is 0.519. The van der Waals surface area contributed by atoms with Crippen LogP contribution in [-0.4, -0.2) is 24.8 Å². The van der Waals surface area contributed by atoms with Gasteiger partial charge in [-0.05, 0) is 91.1 Å². The Morgan fingerprint density at radius 3 is 1.97 bits per heavy atom. The van der Waals surface area contributed by atoms with E-state index < -0.39 is 0 Å². The Morgan fingerprint density at radius 2 is 1.56 bits per heavy atom. The van der Waals surface area contributed by atoms with Gasteiger partial charge in [-0.1, -0.05) is 52.8 Å². The number of fused-ring (bicyclic) bond motifs is 1. The standard InChI is InChI=1S/C18H21N3S.C5H12O.C4H10/c1-4-21(5-2)17-9-8-15-10-14(6-7-16(15)11-17)13(3)18(12-19)22-20;1-5(2)3-4-6;1-4(2)3/h6-11H,4-5,20H2,1-3H3;5-6H,3-4H2,1-2H3;4H,1-3H3/b18-13+;;. The number of nitriles is 1. The Morgan fingerprint density at radius 1 is 1.03 bits per heavy atom. The van der Waals surface area contributed by atoms with Crippen LogP contribution in [0.2, 0.25) is 0 Å². The summed E-state index contributed by atoms with van der Waals surface area (Å²) < 4.78 is 0. The maximum Gasteiger partial charge on any atom is 0.108 e. The molecule has 0 aliphatic heterocycles. The number of rotatable bonds is 7. The molecule has 178 valence electrons. The van der Waals surface area contributed by atoms with E-state index in [1.807, 2.05) is 6.92 Å². The number of allylic oxidation sites excluding steroid dienone is 2. The van der Waals surface area contributed by atoms with Gasteiger partial charge in [0, 0.05) is 25.4 Å². The van der Waals surface area contributed by atoms with Crippen LogP contribution in [0.25, 0.3) is 16.3 Å². The zero-order valence-electron chi connectivity index (χ0n) is 21.3. The largest absolute Gasteiger partial charge is 0.396 e. The molecule has 0 saturated carbocycles. The second-order valence-corrected chi connectivity index (χ2v) is 9.38. The molecular weight excluding hydrogens is 414 g/mol. The predicted octanol–water partition coefficient (Wildman–Crippen LogP) is 7.23. The van der Waals surface area contributed by atoms with Gasteiger partial charge in [0.05, 0.1) is 0 Å². The van der Waals surface area contributed by atoms with Gasteiger partial charge in [-0.3, -0.25) is 5.14 Å². The highest BCUT2D eigenvalue weighted by Crippen LogP contribution is 2.28. The summed E-state index contributed by atoms with van der Waals surface area (Å²) >= 11 is 1.00. The Hall–Kier alpha value is -2.00. The van der Waals surface area contributed by atoms with Crippen molar-refractivity contribution < 1.29 is 5.11 Å². The summed E-state index contributed by atoms with van der Waals surface area (Å²) in [6.07, 6.45) is 0.931. The number of aliphatic hydroxyl groups excluding tert-OH is 1. The van der Waals surface area contributed by atoms with Crippen LogP contribution in [0.15, 0.2) is 41.3 Å². The first-order valence-corrected chi connectivity index (χ1v) is 12.4. The van der Waals surface area contributed by atoms with Crippen molar-refractivity contribution in [2.24, 2.45) is 17.0 Å². The smallest absolute Gasteiger partial charge is 0.108 e. The highest BCUT2D eigenvalue weighted by atomic mass is 32.2. The van der Waals surface area contributed by atoms with E-state index in [4.69, 9.17) is 15.5 Å². The molecule has 0 heterocycles. The van der Waals surface area contributed by atoms with Crippen LogP contribution in [0.4, 0.5) is 5.69 Å². The lowest BCUT2D eigenvalue weighted by atomic mass is 10.0. The molecule has 0 unspecified atom stereocenters. The van der Waals surface area contributed by atoms with Gasteiger partial charge in [0.2, 0.25) is 0 Å². The number of hydrogen-bond donors (Lipinski definition) is 2. The van der Waals surface area contributed by atoms with Gasteiger partial charge in [-0.25, -0.2) is 0 Å². The molecule has 0 aliphatic rings. The van der Waals surface area contributed by atoms with Crippen LogP contribution in [0.3, 0.4) is 0 Å². The number of benzene rings is 2. The van der Waals surface area contributed by atoms with Gasteiger partial charge >= 0.3 is 0 Å². The van der Waals surface area contributed by atoms with Gasteiger partial charge in [-0.15, -0.1) is 0 Å². The normalized spacial score (nSPS) is 11.2. The average Bonchev–Trinajstić information content (AvgIpc) is 2.75. The zero-order chi connectivity index (χ0) is 24.7. The first kappa shape index (κ1) is 30.0. The third kappa shape index (κ3) is 11.0. The summed E-state index contributed by atoms with van der Waals surface area (Å²) in [6, 6.07) is 14.9. The summed E-state index contributed by atoms with van der Waals surface area (Å²) in [5.41, 5.74) is 3.20. The van der Waals surface area contributed by atoms with Gasteiger partial charge in [0.1, 0.15) is 11.0 Å². The quantitative estimate of drug-likeness (QED) is 0.339. The zero-order valence-corrected chi connectivity index (χ0v) is 22.1. The fourth-order valence-corrected chi connectivity index (χ4v) is 3.19. The summed E-state index contributed by atoms with van der Waals surface area (Å²) in [7, 11) is 0. The molecule has 2 aromatic carbocycles. The highest BCUT2D eigenvalue weighted by molar-refractivity contribution is 8.01. The molecule has 0 fully saturated rings. The van der Waals surface area contributed by atoms with Crippen molar-refractivity contribution in [2.75, 3.05) is 24.6 Å². The number of hydrogen-bond acceptors (Lipinski definition) is 5. The fourth-order valence-electron chi connectivity index (χ4n) is 2.84. The molecule has 3 N–H and O–H groups in total. The Balaban J connectivity index is 0.000000806.